The van der Waals surface area contributed by atoms with Gasteiger partial charge in [-0.15, -0.1) is 0 Å². The van der Waals surface area contributed by atoms with Crippen molar-refractivity contribution in [2.24, 2.45) is 0 Å². The molecule has 0 unspecified atom stereocenters. The van der Waals surface area contributed by atoms with Crippen LogP contribution in [0.5, 0.6) is 0 Å². The van der Waals surface area contributed by atoms with Gasteiger partial charge in [-0.25, -0.2) is 0 Å². The van der Waals surface area contributed by atoms with Gasteiger partial charge in [-0.1, -0.05) is 48.5 Å². The first-order valence-corrected chi connectivity index (χ1v) is 10.5. The summed E-state index contributed by atoms with van der Waals surface area (Å²) in [5.41, 5.74) is 26.8. The molecular formula is C27H28N4. The van der Waals surface area contributed by atoms with E-state index in [1.165, 1.54) is 22.3 Å². The summed E-state index contributed by atoms with van der Waals surface area (Å²) in [6, 6.07) is 33.1. The first-order valence-electron chi connectivity index (χ1n) is 10.5. The predicted octanol–water partition coefficient (Wildman–Crippen LogP) is 5.67. The normalized spacial score (nSPS) is 10.6. The van der Waals surface area contributed by atoms with Crippen LogP contribution in [0.25, 0.3) is 0 Å². The van der Waals surface area contributed by atoms with Gasteiger partial charge in [-0.05, 0) is 90.0 Å². The number of anilines is 4. The molecule has 0 saturated carbocycles. The second-order valence-corrected chi connectivity index (χ2v) is 7.80. The van der Waals surface area contributed by atoms with E-state index in [1.54, 1.807) is 0 Å². The van der Waals surface area contributed by atoms with Crippen LogP contribution in [-0.4, -0.2) is 0 Å². The molecule has 6 N–H and O–H groups in total. The van der Waals surface area contributed by atoms with Gasteiger partial charge < -0.3 is 22.3 Å². The van der Waals surface area contributed by atoms with E-state index in [2.05, 4.69) is 83.6 Å². The van der Waals surface area contributed by atoms with E-state index in [1.807, 2.05) is 24.3 Å². The van der Waals surface area contributed by atoms with Crippen molar-refractivity contribution in [3.8, 4) is 0 Å². The molecule has 4 rings (SSSR count). The Labute approximate surface area is 183 Å². The summed E-state index contributed by atoms with van der Waals surface area (Å²) in [5, 5.41) is 0. The van der Waals surface area contributed by atoms with Gasteiger partial charge in [0, 0.05) is 11.4 Å². The zero-order chi connectivity index (χ0) is 21.5. The van der Waals surface area contributed by atoms with Gasteiger partial charge in [-0.3, -0.25) is 0 Å². The van der Waals surface area contributed by atoms with E-state index in [-0.39, 0.29) is 0 Å². The van der Waals surface area contributed by atoms with Crippen LogP contribution in [-0.2, 0) is 19.3 Å². The second kappa shape index (κ2) is 9.72. The molecule has 0 atom stereocenters. The Morgan fingerprint density at radius 3 is 1.16 bits per heavy atom. The number of rotatable bonds is 8. The third-order valence-corrected chi connectivity index (χ3v) is 5.33. The molecule has 0 fully saturated rings. The molecule has 31 heavy (non-hydrogen) atoms. The third-order valence-electron chi connectivity index (χ3n) is 5.33. The summed E-state index contributed by atoms with van der Waals surface area (Å²) in [7, 11) is 0. The lowest BCUT2D eigenvalue weighted by atomic mass is 10.0. The average molecular weight is 409 g/mol. The van der Waals surface area contributed by atoms with Crippen LogP contribution in [0.2, 0.25) is 0 Å². The number of nitrogen functional groups attached to an aromatic ring is 2. The Morgan fingerprint density at radius 2 is 0.742 bits per heavy atom. The number of benzene rings is 4. The van der Waals surface area contributed by atoms with E-state index < -0.39 is 0 Å². The highest BCUT2D eigenvalue weighted by Gasteiger charge is 2.00. The van der Waals surface area contributed by atoms with Gasteiger partial charge in [0.1, 0.15) is 0 Å². The van der Waals surface area contributed by atoms with Crippen molar-refractivity contribution in [3.63, 3.8) is 0 Å². The molecular weight excluding hydrogens is 380 g/mol. The second-order valence-electron chi connectivity index (χ2n) is 7.80. The molecule has 0 heterocycles. The van der Waals surface area contributed by atoms with Crippen LogP contribution >= 0.6 is 0 Å². The lowest BCUT2D eigenvalue weighted by Gasteiger charge is -2.11. The Balaban J connectivity index is 1.25. The Hall–Kier alpha value is -3.92. The largest absolute Gasteiger partial charge is 0.399 e. The molecule has 156 valence electrons. The molecule has 4 aromatic rings. The first kappa shape index (κ1) is 20.4. The average Bonchev–Trinajstić information content (AvgIpc) is 2.80. The van der Waals surface area contributed by atoms with Crippen molar-refractivity contribution >= 4 is 22.7 Å². The SMILES string of the molecule is Nc1ccc(CCc2ccc(NNc3ccc(Cc4ccc(N)cc4)cc3)cc2)cc1. The molecule has 0 radical (unpaired) electrons. The lowest BCUT2D eigenvalue weighted by Crippen LogP contribution is -2.08. The van der Waals surface area contributed by atoms with Gasteiger partial charge in [0.05, 0.1) is 11.4 Å². The maximum atomic E-state index is 5.75. The predicted molar refractivity (Wildman–Crippen MR) is 132 cm³/mol. The minimum Gasteiger partial charge on any atom is -0.399 e. The van der Waals surface area contributed by atoms with Crippen LogP contribution in [0, 0.1) is 0 Å². The fourth-order valence-electron chi connectivity index (χ4n) is 3.45. The molecule has 0 spiro atoms. The minimum atomic E-state index is 0.796. The highest BCUT2D eigenvalue weighted by atomic mass is 15.4. The van der Waals surface area contributed by atoms with Gasteiger partial charge in [0.15, 0.2) is 0 Å². The highest BCUT2D eigenvalue weighted by Crippen LogP contribution is 2.17. The Bertz CT molecular complexity index is 1080. The molecule has 0 aromatic heterocycles. The summed E-state index contributed by atoms with van der Waals surface area (Å²) in [4.78, 5) is 0. The summed E-state index contributed by atoms with van der Waals surface area (Å²) >= 11 is 0. The molecule has 0 bridgehead atoms. The van der Waals surface area contributed by atoms with E-state index in [0.29, 0.717) is 0 Å². The van der Waals surface area contributed by atoms with Crippen LogP contribution in [0.15, 0.2) is 97.1 Å². The Kier molecular flexibility index (Phi) is 6.38. The molecule has 0 amide bonds. The van der Waals surface area contributed by atoms with Crippen molar-refractivity contribution in [1.29, 1.82) is 0 Å². The standard InChI is InChI=1S/C27H28N4/c28-24-11-3-20(4-12-24)1-2-21-7-15-26(16-8-21)30-31-27-17-9-23(10-18-27)19-22-5-13-25(29)14-6-22/h3-18,30-31H,1-2,19,28-29H2. The Morgan fingerprint density at radius 1 is 0.419 bits per heavy atom. The van der Waals surface area contributed by atoms with E-state index in [4.69, 9.17) is 11.5 Å². The molecule has 4 aromatic carbocycles. The number of hydrogen-bond acceptors (Lipinski definition) is 4. The van der Waals surface area contributed by atoms with Gasteiger partial charge in [-0.2, -0.15) is 0 Å². The molecule has 4 nitrogen and oxygen atoms in total. The van der Waals surface area contributed by atoms with E-state index in [0.717, 1.165) is 42.0 Å². The zero-order valence-corrected chi connectivity index (χ0v) is 17.5. The van der Waals surface area contributed by atoms with Crippen molar-refractivity contribution in [2.45, 2.75) is 19.3 Å². The van der Waals surface area contributed by atoms with Crippen LogP contribution in [0.1, 0.15) is 22.3 Å². The molecule has 0 aliphatic heterocycles. The van der Waals surface area contributed by atoms with Crippen LogP contribution < -0.4 is 22.3 Å². The quantitative estimate of drug-likeness (QED) is 0.224. The monoisotopic (exact) mass is 408 g/mol. The fraction of sp³-hybridized carbons (Fsp3) is 0.111. The fourth-order valence-corrected chi connectivity index (χ4v) is 3.45. The van der Waals surface area contributed by atoms with E-state index >= 15 is 0 Å². The smallest absolute Gasteiger partial charge is 0.0540 e. The topological polar surface area (TPSA) is 76.1 Å². The van der Waals surface area contributed by atoms with Crippen LogP contribution in [0.4, 0.5) is 22.7 Å². The number of nitrogens with two attached hydrogens (primary N) is 2. The number of nitrogens with one attached hydrogen (secondary N) is 2. The van der Waals surface area contributed by atoms with Crippen molar-refractivity contribution in [2.75, 3.05) is 22.3 Å². The van der Waals surface area contributed by atoms with Gasteiger partial charge in [0.25, 0.3) is 0 Å². The van der Waals surface area contributed by atoms with Crippen molar-refractivity contribution in [1.82, 2.24) is 0 Å². The van der Waals surface area contributed by atoms with Gasteiger partial charge in [0.2, 0.25) is 0 Å². The summed E-state index contributed by atoms with van der Waals surface area (Å²) in [6.45, 7) is 0. The maximum absolute atomic E-state index is 5.75. The zero-order valence-electron chi connectivity index (χ0n) is 17.5. The lowest BCUT2D eigenvalue weighted by molar-refractivity contribution is 0.961. The van der Waals surface area contributed by atoms with E-state index in [9.17, 15) is 0 Å². The highest BCUT2D eigenvalue weighted by molar-refractivity contribution is 5.54. The maximum Gasteiger partial charge on any atom is 0.0540 e. The minimum absolute atomic E-state index is 0.796. The molecule has 0 aliphatic carbocycles. The number of hydrazine groups is 1. The summed E-state index contributed by atoms with van der Waals surface area (Å²) in [6.07, 6.45) is 2.91. The molecule has 0 saturated heterocycles. The van der Waals surface area contributed by atoms with Crippen molar-refractivity contribution in [3.05, 3.63) is 119 Å². The summed E-state index contributed by atoms with van der Waals surface area (Å²) < 4.78 is 0. The number of aryl methyl sites for hydroxylation is 2. The molecule has 4 heteroatoms. The first-order chi connectivity index (χ1) is 15.1. The van der Waals surface area contributed by atoms with Gasteiger partial charge >= 0.3 is 0 Å². The summed E-state index contributed by atoms with van der Waals surface area (Å²) in [5.74, 6) is 0. The van der Waals surface area contributed by atoms with Crippen molar-refractivity contribution < 1.29 is 0 Å². The third kappa shape index (κ3) is 6.03. The van der Waals surface area contributed by atoms with Crippen LogP contribution in [0.3, 0.4) is 0 Å². The molecule has 0 aliphatic rings. The number of hydrogen-bond donors (Lipinski definition) is 4.